The molecule has 0 spiro atoms. The highest BCUT2D eigenvalue weighted by Gasteiger charge is 2.35. The van der Waals surface area contributed by atoms with Gasteiger partial charge in [-0.2, -0.15) is 0 Å². The monoisotopic (exact) mass is 398 g/mol. The van der Waals surface area contributed by atoms with Crippen molar-refractivity contribution in [1.82, 2.24) is 0 Å². The van der Waals surface area contributed by atoms with Crippen molar-refractivity contribution in [1.29, 1.82) is 0 Å². The Hall–Kier alpha value is -1.06. The number of rotatable bonds is 17. The lowest BCUT2D eigenvalue weighted by Gasteiger charge is -2.25. The normalized spacial score (nSPS) is 13.6. The molecule has 0 bridgehead atoms. The molecule has 4 heteroatoms. The molecule has 0 aromatic carbocycles. The van der Waals surface area contributed by atoms with E-state index in [1.807, 2.05) is 27.7 Å². The van der Waals surface area contributed by atoms with E-state index in [1.165, 1.54) is 0 Å². The van der Waals surface area contributed by atoms with Crippen molar-refractivity contribution in [3.05, 3.63) is 0 Å². The number of hydrogen-bond acceptors (Lipinski definition) is 4. The van der Waals surface area contributed by atoms with Crippen LogP contribution in [0.1, 0.15) is 106 Å². The van der Waals surface area contributed by atoms with Crippen LogP contribution in [0.25, 0.3) is 0 Å². The average Bonchev–Trinajstić information content (AvgIpc) is 2.65. The number of hydrogen-bond donors (Lipinski definition) is 0. The Morgan fingerprint density at radius 1 is 0.607 bits per heavy atom. The minimum atomic E-state index is -0.378. The van der Waals surface area contributed by atoms with E-state index in [0.29, 0.717) is 37.9 Å². The zero-order valence-electron chi connectivity index (χ0n) is 19.4. The maximum Gasteiger partial charge on any atom is 0.309 e. The highest BCUT2D eigenvalue weighted by atomic mass is 16.5. The van der Waals surface area contributed by atoms with E-state index in [1.54, 1.807) is 0 Å². The molecule has 0 saturated carbocycles. The molecule has 0 radical (unpaired) electrons. The molecule has 4 nitrogen and oxygen atoms in total. The molecule has 2 atom stereocenters. The van der Waals surface area contributed by atoms with Crippen LogP contribution in [0.15, 0.2) is 0 Å². The first-order chi connectivity index (χ1) is 13.3. The minimum absolute atomic E-state index is 0.216. The van der Waals surface area contributed by atoms with Gasteiger partial charge in [0.2, 0.25) is 0 Å². The molecule has 0 N–H and O–H groups in total. The lowest BCUT2D eigenvalue weighted by molar-refractivity contribution is -0.162. The smallest absolute Gasteiger partial charge is 0.309 e. The largest absolute Gasteiger partial charge is 0.465 e. The second kappa shape index (κ2) is 16.9. The summed E-state index contributed by atoms with van der Waals surface area (Å²) in [5.74, 6) is -0.602. The van der Waals surface area contributed by atoms with Crippen molar-refractivity contribution in [2.45, 2.75) is 106 Å². The third kappa shape index (κ3) is 13.2. The Bertz CT molecular complexity index is 365. The van der Waals surface area contributed by atoms with Gasteiger partial charge in [-0.15, -0.1) is 0 Å². The SMILES string of the molecule is CCCCCCC(C(=O)OCC(C)C)C(CCCCCC)C(=O)OCC(C)C. The molecular formula is C24H46O4. The molecular weight excluding hydrogens is 352 g/mol. The first-order valence-electron chi connectivity index (χ1n) is 11.7. The molecule has 0 aliphatic rings. The summed E-state index contributed by atoms with van der Waals surface area (Å²) < 4.78 is 11.1. The Balaban J connectivity index is 5.18. The van der Waals surface area contributed by atoms with E-state index in [9.17, 15) is 9.59 Å². The van der Waals surface area contributed by atoms with Crippen LogP contribution in [0.4, 0.5) is 0 Å². The van der Waals surface area contributed by atoms with Gasteiger partial charge >= 0.3 is 11.9 Å². The first kappa shape index (κ1) is 26.9. The van der Waals surface area contributed by atoms with Gasteiger partial charge in [0.15, 0.2) is 0 Å². The average molecular weight is 399 g/mol. The zero-order valence-corrected chi connectivity index (χ0v) is 19.4. The molecule has 0 aromatic heterocycles. The highest BCUT2D eigenvalue weighted by Crippen LogP contribution is 2.28. The summed E-state index contributed by atoms with van der Waals surface area (Å²) >= 11 is 0. The van der Waals surface area contributed by atoms with Crippen LogP contribution in [-0.4, -0.2) is 25.2 Å². The molecule has 0 aliphatic heterocycles. The van der Waals surface area contributed by atoms with Crippen molar-refractivity contribution >= 4 is 11.9 Å². The second-order valence-corrected chi connectivity index (χ2v) is 8.96. The molecule has 0 aromatic rings. The van der Waals surface area contributed by atoms with E-state index < -0.39 is 0 Å². The van der Waals surface area contributed by atoms with Crippen molar-refractivity contribution < 1.29 is 19.1 Å². The molecule has 0 fully saturated rings. The van der Waals surface area contributed by atoms with Crippen molar-refractivity contribution in [2.24, 2.45) is 23.7 Å². The van der Waals surface area contributed by atoms with Gasteiger partial charge in [0.1, 0.15) is 0 Å². The zero-order chi connectivity index (χ0) is 21.4. The third-order valence-electron chi connectivity index (χ3n) is 4.95. The van der Waals surface area contributed by atoms with E-state index in [-0.39, 0.29) is 23.8 Å². The van der Waals surface area contributed by atoms with Gasteiger partial charge in [-0.3, -0.25) is 9.59 Å². The maximum absolute atomic E-state index is 12.9. The molecule has 0 heterocycles. The molecule has 166 valence electrons. The van der Waals surface area contributed by atoms with E-state index in [2.05, 4.69) is 13.8 Å². The Labute approximate surface area is 174 Å². The topological polar surface area (TPSA) is 52.6 Å². The summed E-state index contributed by atoms with van der Waals surface area (Å²) in [6, 6.07) is 0. The minimum Gasteiger partial charge on any atom is -0.465 e. The van der Waals surface area contributed by atoms with Crippen molar-refractivity contribution in [3.8, 4) is 0 Å². The maximum atomic E-state index is 12.9. The number of ether oxygens (including phenoxy) is 2. The number of carbonyl (C=O) groups excluding carboxylic acids is 2. The quantitative estimate of drug-likeness (QED) is 0.206. The van der Waals surface area contributed by atoms with Crippen molar-refractivity contribution in [2.75, 3.05) is 13.2 Å². The van der Waals surface area contributed by atoms with E-state index in [4.69, 9.17) is 9.47 Å². The summed E-state index contributed by atoms with van der Waals surface area (Å²) in [6.07, 6.45) is 10.1. The van der Waals surface area contributed by atoms with Gasteiger partial charge < -0.3 is 9.47 Å². The fourth-order valence-corrected chi connectivity index (χ4v) is 3.26. The van der Waals surface area contributed by atoms with Crippen LogP contribution in [0.3, 0.4) is 0 Å². The van der Waals surface area contributed by atoms with Gasteiger partial charge in [0.25, 0.3) is 0 Å². The Kier molecular flexibility index (Phi) is 16.2. The summed E-state index contributed by atoms with van der Waals surface area (Å²) in [5.41, 5.74) is 0. The van der Waals surface area contributed by atoms with Gasteiger partial charge in [-0.1, -0.05) is 92.9 Å². The number of carbonyl (C=O) groups is 2. The van der Waals surface area contributed by atoms with Crippen LogP contribution in [0, 0.1) is 23.7 Å². The Morgan fingerprint density at radius 2 is 0.964 bits per heavy atom. The summed E-state index contributed by atoms with van der Waals surface area (Å²) in [7, 11) is 0. The molecule has 0 rings (SSSR count). The number of unbranched alkanes of at least 4 members (excludes halogenated alkanes) is 6. The predicted molar refractivity (Wildman–Crippen MR) is 116 cm³/mol. The first-order valence-corrected chi connectivity index (χ1v) is 11.7. The lowest BCUT2D eigenvalue weighted by atomic mass is 9.83. The van der Waals surface area contributed by atoms with Crippen LogP contribution < -0.4 is 0 Å². The van der Waals surface area contributed by atoms with Crippen LogP contribution in [-0.2, 0) is 19.1 Å². The molecule has 0 amide bonds. The predicted octanol–water partition coefficient (Wildman–Crippen LogP) is 6.56. The van der Waals surface area contributed by atoms with Gasteiger partial charge in [0, 0.05) is 0 Å². The summed E-state index contributed by atoms with van der Waals surface area (Å²) in [4.78, 5) is 25.7. The van der Waals surface area contributed by atoms with Gasteiger partial charge in [-0.05, 0) is 24.7 Å². The van der Waals surface area contributed by atoms with Crippen molar-refractivity contribution in [3.63, 3.8) is 0 Å². The molecule has 2 unspecified atom stereocenters. The fraction of sp³-hybridized carbons (Fsp3) is 0.917. The van der Waals surface area contributed by atoms with E-state index >= 15 is 0 Å². The van der Waals surface area contributed by atoms with Crippen LogP contribution in [0.5, 0.6) is 0 Å². The molecule has 28 heavy (non-hydrogen) atoms. The molecule has 0 aliphatic carbocycles. The number of esters is 2. The van der Waals surface area contributed by atoms with Crippen LogP contribution in [0.2, 0.25) is 0 Å². The standard InChI is InChI=1S/C24H46O4/c1-7-9-11-13-15-21(23(25)27-17-19(3)4)22(16-14-12-10-8-2)24(26)28-18-20(5)6/h19-22H,7-18H2,1-6H3. The van der Waals surface area contributed by atoms with Crippen LogP contribution >= 0.6 is 0 Å². The second-order valence-electron chi connectivity index (χ2n) is 8.96. The van der Waals surface area contributed by atoms with E-state index in [0.717, 1.165) is 51.4 Å². The van der Waals surface area contributed by atoms with Gasteiger partial charge in [-0.25, -0.2) is 0 Å². The summed E-state index contributed by atoms with van der Waals surface area (Å²) in [5, 5.41) is 0. The van der Waals surface area contributed by atoms with Gasteiger partial charge in [0.05, 0.1) is 25.0 Å². The fourth-order valence-electron chi connectivity index (χ4n) is 3.26. The highest BCUT2D eigenvalue weighted by molar-refractivity contribution is 5.82. The molecule has 0 saturated heterocycles. The Morgan fingerprint density at radius 3 is 1.25 bits per heavy atom. The third-order valence-corrected chi connectivity index (χ3v) is 4.95. The lowest BCUT2D eigenvalue weighted by Crippen LogP contribution is -2.34. The summed E-state index contributed by atoms with van der Waals surface area (Å²) in [6.45, 7) is 13.3.